The van der Waals surface area contributed by atoms with E-state index >= 15 is 0 Å². The average molecular weight is 173 g/mol. The lowest BCUT2D eigenvalue weighted by molar-refractivity contribution is -0.109. The molecule has 0 aliphatic heterocycles. The van der Waals surface area contributed by atoms with Crippen molar-refractivity contribution in [2.24, 2.45) is 5.92 Å². The van der Waals surface area contributed by atoms with Crippen LogP contribution in [0.25, 0.3) is 0 Å². The Balaban J connectivity index is 0. The minimum atomic E-state index is 0.625. The second-order valence-electron chi connectivity index (χ2n) is 3.06. The highest BCUT2D eigenvalue weighted by molar-refractivity contribution is 5.44. The first-order valence-electron chi connectivity index (χ1n) is 4.83. The highest BCUT2D eigenvalue weighted by Gasteiger charge is 1.94. The normalized spacial score (nSPS) is 11.0. The fourth-order valence-corrected chi connectivity index (χ4v) is 0.757. The maximum absolute atomic E-state index is 9.06. The Morgan fingerprint density at radius 1 is 1.42 bits per heavy atom. The topological polar surface area (TPSA) is 29.1 Å². The van der Waals surface area contributed by atoms with E-state index in [9.17, 15) is 0 Å². The predicted molar refractivity (Wildman–Crippen MR) is 54.1 cm³/mol. The summed E-state index contributed by atoms with van der Waals surface area (Å²) in [5, 5.41) is 2.25. The standard InChI is InChI=1S/C8H18.C2H5NO/c1-4-6-7-8(3)5-2;1-3-2-4/h8H,4-7H2,1-3H3;2H,1H3,(H,3,4). The van der Waals surface area contributed by atoms with Crippen molar-refractivity contribution < 1.29 is 4.79 Å². The Morgan fingerprint density at radius 2 is 1.92 bits per heavy atom. The van der Waals surface area contributed by atoms with Gasteiger partial charge in [-0.05, 0) is 5.92 Å². The molecule has 0 aliphatic carbocycles. The van der Waals surface area contributed by atoms with Gasteiger partial charge in [0.2, 0.25) is 6.41 Å². The van der Waals surface area contributed by atoms with E-state index in [2.05, 4.69) is 26.1 Å². The largest absolute Gasteiger partial charge is 0.362 e. The second-order valence-corrected chi connectivity index (χ2v) is 3.06. The lowest BCUT2D eigenvalue weighted by Crippen LogP contribution is -1.98. The minimum Gasteiger partial charge on any atom is -0.362 e. The van der Waals surface area contributed by atoms with Gasteiger partial charge in [0.05, 0.1) is 0 Å². The maximum Gasteiger partial charge on any atom is 0.206 e. The number of nitrogens with one attached hydrogen (secondary N) is 1. The molecule has 1 N–H and O–H groups in total. The van der Waals surface area contributed by atoms with Crippen LogP contribution in [0.5, 0.6) is 0 Å². The van der Waals surface area contributed by atoms with Gasteiger partial charge in [0.1, 0.15) is 0 Å². The van der Waals surface area contributed by atoms with E-state index in [1.165, 1.54) is 25.7 Å². The zero-order valence-electron chi connectivity index (χ0n) is 8.89. The van der Waals surface area contributed by atoms with Gasteiger partial charge in [0.15, 0.2) is 0 Å². The van der Waals surface area contributed by atoms with Crippen molar-refractivity contribution in [1.29, 1.82) is 0 Å². The van der Waals surface area contributed by atoms with Crippen LogP contribution >= 0.6 is 0 Å². The second kappa shape index (κ2) is 13.1. The molecule has 0 rings (SSSR count). The van der Waals surface area contributed by atoms with Crippen LogP contribution in [-0.2, 0) is 4.79 Å². The van der Waals surface area contributed by atoms with Gasteiger partial charge in [-0.2, -0.15) is 0 Å². The molecule has 1 atom stereocenters. The van der Waals surface area contributed by atoms with E-state index in [1.807, 2.05) is 0 Å². The zero-order chi connectivity index (χ0) is 9.82. The molecule has 1 unspecified atom stereocenters. The minimum absolute atomic E-state index is 0.625. The molecule has 2 nitrogen and oxygen atoms in total. The Labute approximate surface area is 76.7 Å². The number of hydrogen-bond acceptors (Lipinski definition) is 1. The molecule has 0 spiro atoms. The molecule has 0 saturated carbocycles. The van der Waals surface area contributed by atoms with Crippen LogP contribution in [-0.4, -0.2) is 13.5 Å². The smallest absolute Gasteiger partial charge is 0.206 e. The number of rotatable bonds is 5. The van der Waals surface area contributed by atoms with Crippen LogP contribution in [0.2, 0.25) is 0 Å². The Hall–Kier alpha value is -0.530. The van der Waals surface area contributed by atoms with E-state index in [1.54, 1.807) is 7.05 Å². The average Bonchev–Trinajstić information content (AvgIpc) is 2.14. The summed E-state index contributed by atoms with van der Waals surface area (Å²) in [5.41, 5.74) is 0. The molecule has 0 heterocycles. The van der Waals surface area contributed by atoms with Gasteiger partial charge >= 0.3 is 0 Å². The summed E-state index contributed by atoms with van der Waals surface area (Å²) in [6, 6.07) is 0. The summed E-state index contributed by atoms with van der Waals surface area (Å²) in [5.74, 6) is 0.954. The fourth-order valence-electron chi connectivity index (χ4n) is 0.757. The SMILES string of the molecule is CCCCC(C)CC.CNC=O. The van der Waals surface area contributed by atoms with Gasteiger partial charge in [0, 0.05) is 7.05 Å². The quantitative estimate of drug-likeness (QED) is 0.636. The van der Waals surface area contributed by atoms with Gasteiger partial charge in [-0.1, -0.05) is 46.5 Å². The predicted octanol–water partition coefficient (Wildman–Crippen LogP) is 2.58. The first kappa shape index (κ1) is 14.0. The Kier molecular flexibility index (Phi) is 15.3. The third kappa shape index (κ3) is 16.2. The van der Waals surface area contributed by atoms with E-state index in [0.717, 1.165) is 5.92 Å². The van der Waals surface area contributed by atoms with Gasteiger partial charge in [-0.3, -0.25) is 4.79 Å². The molecule has 1 amide bonds. The lowest BCUT2D eigenvalue weighted by atomic mass is 10.0. The summed E-state index contributed by atoms with van der Waals surface area (Å²) < 4.78 is 0. The molecule has 0 aromatic carbocycles. The summed E-state index contributed by atoms with van der Waals surface area (Å²) in [4.78, 5) is 9.06. The molecule has 0 fully saturated rings. The van der Waals surface area contributed by atoms with Gasteiger partial charge in [0.25, 0.3) is 0 Å². The molecule has 12 heavy (non-hydrogen) atoms. The summed E-state index contributed by atoms with van der Waals surface area (Å²) in [6.07, 6.45) is 6.16. The molecule has 2 heteroatoms. The van der Waals surface area contributed by atoms with Crippen molar-refractivity contribution in [2.45, 2.75) is 46.5 Å². The molecule has 0 bridgehead atoms. The van der Waals surface area contributed by atoms with Crippen LogP contribution < -0.4 is 5.32 Å². The zero-order valence-corrected chi connectivity index (χ0v) is 8.89. The molecule has 0 aromatic heterocycles. The summed E-state index contributed by atoms with van der Waals surface area (Å²) in [7, 11) is 1.56. The highest BCUT2D eigenvalue weighted by atomic mass is 16.1. The van der Waals surface area contributed by atoms with Crippen molar-refractivity contribution in [2.75, 3.05) is 7.05 Å². The maximum atomic E-state index is 9.06. The van der Waals surface area contributed by atoms with Crippen molar-refractivity contribution in [3.63, 3.8) is 0 Å². The fraction of sp³-hybridized carbons (Fsp3) is 0.900. The van der Waals surface area contributed by atoms with E-state index < -0.39 is 0 Å². The number of unbranched alkanes of at least 4 members (excludes halogenated alkanes) is 1. The molecular formula is C10H23NO. The molecular weight excluding hydrogens is 150 g/mol. The van der Waals surface area contributed by atoms with Crippen molar-refractivity contribution in [1.82, 2.24) is 5.32 Å². The van der Waals surface area contributed by atoms with Crippen LogP contribution in [0.4, 0.5) is 0 Å². The van der Waals surface area contributed by atoms with E-state index in [0.29, 0.717) is 6.41 Å². The number of carbonyl (C=O) groups is 1. The number of amides is 1. The summed E-state index contributed by atoms with van der Waals surface area (Å²) in [6.45, 7) is 6.85. The Morgan fingerprint density at radius 3 is 2.17 bits per heavy atom. The van der Waals surface area contributed by atoms with Crippen molar-refractivity contribution >= 4 is 6.41 Å². The third-order valence-corrected chi connectivity index (χ3v) is 1.87. The van der Waals surface area contributed by atoms with Crippen molar-refractivity contribution in [3.05, 3.63) is 0 Å². The van der Waals surface area contributed by atoms with Crippen molar-refractivity contribution in [3.8, 4) is 0 Å². The molecule has 0 saturated heterocycles. The molecule has 0 aliphatic rings. The number of hydrogen-bond donors (Lipinski definition) is 1. The molecule has 74 valence electrons. The molecule has 0 aromatic rings. The van der Waals surface area contributed by atoms with Gasteiger partial charge < -0.3 is 5.32 Å². The van der Waals surface area contributed by atoms with E-state index in [4.69, 9.17) is 4.79 Å². The Bertz CT molecular complexity index is 83.9. The van der Waals surface area contributed by atoms with Crippen LogP contribution in [0.1, 0.15) is 46.5 Å². The van der Waals surface area contributed by atoms with Gasteiger partial charge in [-0.25, -0.2) is 0 Å². The van der Waals surface area contributed by atoms with Crippen LogP contribution in [0.15, 0.2) is 0 Å². The van der Waals surface area contributed by atoms with Gasteiger partial charge in [-0.15, -0.1) is 0 Å². The first-order chi connectivity index (χ1) is 5.72. The molecule has 0 radical (unpaired) electrons. The van der Waals surface area contributed by atoms with Crippen LogP contribution in [0.3, 0.4) is 0 Å². The lowest BCUT2D eigenvalue weighted by Gasteiger charge is -2.04. The van der Waals surface area contributed by atoms with E-state index in [-0.39, 0.29) is 0 Å². The summed E-state index contributed by atoms with van der Waals surface area (Å²) >= 11 is 0. The van der Waals surface area contributed by atoms with Crippen LogP contribution in [0, 0.1) is 5.92 Å². The first-order valence-corrected chi connectivity index (χ1v) is 4.83. The monoisotopic (exact) mass is 173 g/mol. The highest BCUT2D eigenvalue weighted by Crippen LogP contribution is 2.09. The number of carbonyl (C=O) groups excluding carboxylic acids is 1. The third-order valence-electron chi connectivity index (χ3n) is 1.87.